The predicted molar refractivity (Wildman–Crippen MR) is 321 cm³/mol. The van der Waals surface area contributed by atoms with E-state index < -0.39 is 16.1 Å². The first-order valence-electron chi connectivity index (χ1n) is 26.5. The van der Waals surface area contributed by atoms with Crippen molar-refractivity contribution in [2.75, 3.05) is 0 Å². The molecule has 3 heterocycles. The molecule has 0 amide bonds. The van der Waals surface area contributed by atoms with Gasteiger partial charge in [-0.15, -0.1) is 29.3 Å². The van der Waals surface area contributed by atoms with Gasteiger partial charge in [0.15, 0.2) is 0 Å². The summed E-state index contributed by atoms with van der Waals surface area (Å²) in [4.78, 5) is 10.8. The zero-order valence-electron chi connectivity index (χ0n) is 47.0. The summed E-state index contributed by atoms with van der Waals surface area (Å²) in [7, 11) is -3.85. The summed E-state index contributed by atoms with van der Waals surface area (Å²) in [6, 6.07) is 57.9. The van der Waals surface area contributed by atoms with E-state index in [-0.39, 0.29) is 48.5 Å². The predicted octanol–water partition coefficient (Wildman–Crippen LogP) is 15.4. The van der Waals surface area contributed by atoms with E-state index in [4.69, 9.17) is 9.97 Å². The molecule has 0 spiro atoms. The molecule has 1 N–H and O–H groups in total. The fourth-order valence-corrected chi connectivity index (χ4v) is 20.7. The molecular formula is C68H74N3OPtSi2-. The molecule has 0 fully saturated rings. The van der Waals surface area contributed by atoms with Gasteiger partial charge in [0, 0.05) is 44.1 Å². The number of para-hydroxylation sites is 1. The van der Waals surface area contributed by atoms with Crippen LogP contribution in [0.25, 0.3) is 72.7 Å². The minimum atomic E-state index is -1.97. The van der Waals surface area contributed by atoms with Crippen molar-refractivity contribution >= 4 is 47.9 Å². The molecule has 0 saturated carbocycles. The van der Waals surface area contributed by atoms with Crippen molar-refractivity contribution in [3.8, 4) is 67.5 Å². The second-order valence-electron chi connectivity index (χ2n) is 26.1. The van der Waals surface area contributed by atoms with Crippen LogP contribution in [0, 0.1) is 6.07 Å². The van der Waals surface area contributed by atoms with E-state index >= 15 is 0 Å². The number of hydrogen-bond donors (Lipinski definition) is 1. The molecule has 4 nitrogen and oxygen atoms in total. The molecule has 9 aromatic rings. The van der Waals surface area contributed by atoms with Gasteiger partial charge in [0.1, 0.15) is 27.7 Å². The first-order chi connectivity index (χ1) is 34.6. The average Bonchev–Trinajstić information content (AvgIpc) is 3.74. The fraction of sp³-hybridized carbons (Fsp3) is 0.294. The third kappa shape index (κ3) is 9.70. The van der Waals surface area contributed by atoms with Gasteiger partial charge >= 0.3 is 0 Å². The number of benzene rings is 7. The number of pyridine rings is 1. The molecule has 75 heavy (non-hydrogen) atoms. The maximum atomic E-state index is 12.7. The van der Waals surface area contributed by atoms with Crippen LogP contribution in [0.15, 0.2) is 152 Å². The number of aromatic hydroxyl groups is 1. The van der Waals surface area contributed by atoms with Crippen LogP contribution in [0.2, 0.25) is 26.2 Å². The minimum Gasteiger partial charge on any atom is -0.507 e. The average molecular weight is 1200 g/mol. The second kappa shape index (κ2) is 19.0. The molecule has 0 unspecified atom stereocenters. The number of imidazole rings is 1. The summed E-state index contributed by atoms with van der Waals surface area (Å²) in [5.41, 5.74) is 15.5. The summed E-state index contributed by atoms with van der Waals surface area (Å²) >= 11 is 0. The van der Waals surface area contributed by atoms with Crippen LogP contribution in [0.5, 0.6) is 5.75 Å². The summed E-state index contributed by atoms with van der Waals surface area (Å²) in [6.07, 6.45) is 1.96. The summed E-state index contributed by atoms with van der Waals surface area (Å²) in [5.74, 6) is 0.945. The number of phenols is 1. The number of rotatable bonds is 6. The number of phenolic OH excluding ortho intramolecular Hbond substituents is 1. The van der Waals surface area contributed by atoms with Crippen molar-refractivity contribution in [1.82, 2.24) is 14.5 Å². The normalized spacial score (nSPS) is 14.3. The summed E-state index contributed by atoms with van der Waals surface area (Å²) in [5, 5.41) is 19.0. The Morgan fingerprint density at radius 2 is 1.04 bits per heavy atom. The van der Waals surface area contributed by atoms with Gasteiger partial charge in [0.25, 0.3) is 0 Å². The standard InChI is InChI=1S/C68H74N3OSi2.Pt/c1-65(2,3)48-30-31-56(52(40-48)43-23-18-17-19-24-43)71-57-26-22-25-51(62(57)70-64(71)53-41-50(67(7,8)9)42-54(63(53)72)68(10,11)12)46-35-47(37-49(36-46)66(4,5)6)55-38-45(33-34-69-55)44-29-32-60-61(39-44)74(15,16)59-28-21-20-27-58(59)73(60,13)14;/h17-34,36-42,72H,1-16H3;/q-1;. The van der Waals surface area contributed by atoms with Crippen molar-refractivity contribution in [3.05, 3.63) is 180 Å². The molecule has 10 rings (SSSR count). The van der Waals surface area contributed by atoms with Gasteiger partial charge in [0.05, 0.1) is 22.3 Å². The third-order valence-corrected chi connectivity index (χ3v) is 23.5. The molecule has 7 aromatic carbocycles. The molecular weight excluding hydrogens is 1130 g/mol. The van der Waals surface area contributed by atoms with Crippen molar-refractivity contribution in [1.29, 1.82) is 0 Å². The van der Waals surface area contributed by atoms with Gasteiger partial charge < -0.3 is 5.11 Å². The summed E-state index contributed by atoms with van der Waals surface area (Å²) in [6.45, 7) is 37.0. The molecule has 386 valence electrons. The van der Waals surface area contributed by atoms with Crippen LogP contribution in [0.1, 0.15) is 105 Å². The van der Waals surface area contributed by atoms with Crippen LogP contribution in [0.3, 0.4) is 0 Å². The molecule has 0 atom stereocenters. The SMILES string of the molecule is CC(C)(C)c1cc(-c2cc(-c3ccc4c(c3)[Si](C)(C)c3ccccc3[Si]4(C)C)ccn2)[c-]c(-c2cccc3c2nc(-c2cc(C(C)(C)C)cc(C(C)(C)C)c2O)n3-c2ccc(C(C)(C)C)cc2-c2ccccc2)c1.[Pt]. The minimum absolute atomic E-state index is 0. The van der Waals surface area contributed by atoms with E-state index in [9.17, 15) is 5.11 Å². The van der Waals surface area contributed by atoms with Crippen molar-refractivity contribution in [2.24, 2.45) is 0 Å². The molecule has 0 radical (unpaired) electrons. The van der Waals surface area contributed by atoms with E-state index in [0.29, 0.717) is 11.4 Å². The monoisotopic (exact) mass is 1200 g/mol. The van der Waals surface area contributed by atoms with Gasteiger partial charge in [-0.05, 0) is 79.8 Å². The molecule has 1 aliphatic rings. The fourth-order valence-electron chi connectivity index (χ4n) is 11.3. The van der Waals surface area contributed by atoms with Crippen LogP contribution >= 0.6 is 0 Å². The Bertz CT molecular complexity index is 3670. The first-order valence-corrected chi connectivity index (χ1v) is 32.5. The molecule has 0 saturated heterocycles. The Labute approximate surface area is 464 Å². The number of aromatic nitrogens is 3. The maximum absolute atomic E-state index is 12.7. The zero-order valence-corrected chi connectivity index (χ0v) is 51.3. The van der Waals surface area contributed by atoms with E-state index in [1.165, 1.54) is 16.7 Å². The van der Waals surface area contributed by atoms with E-state index in [1.807, 2.05) is 6.20 Å². The topological polar surface area (TPSA) is 50.9 Å². The van der Waals surface area contributed by atoms with Gasteiger partial charge in [0.2, 0.25) is 0 Å². The van der Waals surface area contributed by atoms with Crippen LogP contribution < -0.4 is 20.7 Å². The van der Waals surface area contributed by atoms with Crippen molar-refractivity contribution in [2.45, 2.75) is 131 Å². The smallest absolute Gasteiger partial charge is 0.148 e. The van der Waals surface area contributed by atoms with Crippen molar-refractivity contribution in [3.63, 3.8) is 0 Å². The Hall–Kier alpha value is -5.92. The molecule has 0 bridgehead atoms. The summed E-state index contributed by atoms with van der Waals surface area (Å²) < 4.78 is 2.30. The van der Waals surface area contributed by atoms with Gasteiger partial charge in [-0.3, -0.25) is 9.55 Å². The Balaban J connectivity index is 0.00000689. The molecule has 2 aromatic heterocycles. The molecule has 1 aliphatic heterocycles. The number of hydrogen-bond acceptors (Lipinski definition) is 3. The molecule has 0 aliphatic carbocycles. The van der Waals surface area contributed by atoms with Crippen LogP contribution in [-0.4, -0.2) is 35.8 Å². The van der Waals surface area contributed by atoms with Gasteiger partial charge in [-0.2, -0.15) is 0 Å². The Morgan fingerprint density at radius 1 is 0.467 bits per heavy atom. The quantitative estimate of drug-likeness (QED) is 0.133. The largest absolute Gasteiger partial charge is 0.507 e. The van der Waals surface area contributed by atoms with Crippen LogP contribution in [0.4, 0.5) is 0 Å². The van der Waals surface area contributed by atoms with Gasteiger partial charge in [-0.1, -0.05) is 244 Å². The molecule has 7 heteroatoms. The van der Waals surface area contributed by atoms with E-state index in [1.54, 1.807) is 20.7 Å². The van der Waals surface area contributed by atoms with Crippen LogP contribution in [-0.2, 0) is 42.7 Å². The number of fused-ring (bicyclic) bond motifs is 3. The Kier molecular flexibility index (Phi) is 13.6. The first kappa shape index (κ1) is 53.9. The van der Waals surface area contributed by atoms with Crippen molar-refractivity contribution < 1.29 is 26.2 Å². The van der Waals surface area contributed by atoms with Gasteiger partial charge in [-0.25, -0.2) is 4.98 Å². The van der Waals surface area contributed by atoms with E-state index in [0.717, 1.165) is 66.9 Å². The number of nitrogens with zero attached hydrogens (tertiary/aromatic N) is 3. The van der Waals surface area contributed by atoms with E-state index in [2.05, 4.69) is 265 Å². The second-order valence-corrected chi connectivity index (χ2v) is 34.8. The Morgan fingerprint density at radius 3 is 1.68 bits per heavy atom. The third-order valence-electron chi connectivity index (χ3n) is 15.9. The zero-order chi connectivity index (χ0) is 53.1. The maximum Gasteiger partial charge on any atom is 0.148 e.